The minimum atomic E-state index is -0.728. The smallest absolute Gasteiger partial charge is 0.221 e. The summed E-state index contributed by atoms with van der Waals surface area (Å²) in [5.41, 5.74) is 0.839. The molecule has 0 radical (unpaired) electrons. The van der Waals surface area contributed by atoms with E-state index in [4.69, 9.17) is 21.7 Å². The fourth-order valence-electron chi connectivity index (χ4n) is 2.88. The molecule has 0 saturated carbocycles. The Kier molecular flexibility index (Phi) is 3.36. The molecule has 2 aliphatic rings. The van der Waals surface area contributed by atoms with Crippen LogP contribution in [0.4, 0.5) is 0 Å². The summed E-state index contributed by atoms with van der Waals surface area (Å²) in [4.78, 5) is 12.0. The molecular formula is C14H14N4O3S. The number of nitrogens with zero attached hydrogens (tertiary/aromatic N) is 4. The van der Waals surface area contributed by atoms with Crippen LogP contribution in [0.5, 0.6) is 0 Å². The van der Waals surface area contributed by atoms with Crippen LogP contribution in [0.15, 0.2) is 30.3 Å². The SMILES string of the molecule is O=C1C[C@H](n2nnn(-c3ccccc3)c2=S)[C@H]2CCO[C@H]1O2. The Morgan fingerprint density at radius 1 is 1.23 bits per heavy atom. The van der Waals surface area contributed by atoms with Crippen LogP contribution in [0.1, 0.15) is 18.9 Å². The Labute approximate surface area is 131 Å². The molecule has 3 atom stereocenters. The van der Waals surface area contributed by atoms with E-state index in [0.717, 1.165) is 5.69 Å². The summed E-state index contributed by atoms with van der Waals surface area (Å²) in [6, 6.07) is 9.33. The molecule has 7 nitrogen and oxygen atoms in total. The lowest BCUT2D eigenvalue weighted by Crippen LogP contribution is -2.48. The van der Waals surface area contributed by atoms with Gasteiger partial charge in [0.05, 0.1) is 24.4 Å². The molecule has 0 unspecified atom stereocenters. The molecule has 8 heteroatoms. The van der Waals surface area contributed by atoms with Gasteiger partial charge in [-0.05, 0) is 41.2 Å². The molecule has 1 aromatic heterocycles. The number of tetrazole rings is 1. The van der Waals surface area contributed by atoms with Gasteiger partial charge in [0.2, 0.25) is 11.1 Å². The van der Waals surface area contributed by atoms with Crippen LogP contribution in [0.3, 0.4) is 0 Å². The quantitative estimate of drug-likeness (QED) is 0.780. The van der Waals surface area contributed by atoms with Gasteiger partial charge in [-0.2, -0.15) is 4.68 Å². The molecule has 0 aliphatic carbocycles. The third-order valence-electron chi connectivity index (χ3n) is 3.99. The first-order valence-corrected chi connectivity index (χ1v) is 7.54. The number of ether oxygens (including phenoxy) is 2. The van der Waals surface area contributed by atoms with Crippen molar-refractivity contribution in [2.24, 2.45) is 0 Å². The van der Waals surface area contributed by atoms with Crippen LogP contribution in [0.2, 0.25) is 0 Å². The molecule has 2 fully saturated rings. The monoisotopic (exact) mass is 318 g/mol. The molecule has 114 valence electrons. The third kappa shape index (κ3) is 2.20. The van der Waals surface area contributed by atoms with Gasteiger partial charge >= 0.3 is 0 Å². The van der Waals surface area contributed by atoms with E-state index in [0.29, 0.717) is 24.2 Å². The second-order valence-electron chi connectivity index (χ2n) is 5.36. The molecule has 4 rings (SSSR count). The van der Waals surface area contributed by atoms with Gasteiger partial charge in [0.1, 0.15) is 0 Å². The van der Waals surface area contributed by atoms with E-state index in [1.807, 2.05) is 30.3 Å². The van der Waals surface area contributed by atoms with E-state index >= 15 is 0 Å². The molecular weight excluding hydrogens is 304 g/mol. The summed E-state index contributed by atoms with van der Waals surface area (Å²) >= 11 is 5.48. The first-order chi connectivity index (χ1) is 10.7. The first kappa shape index (κ1) is 13.7. The maximum Gasteiger partial charge on any atom is 0.221 e. The summed E-state index contributed by atoms with van der Waals surface area (Å²) in [6.07, 6.45) is 0.170. The number of benzene rings is 1. The highest BCUT2D eigenvalue weighted by Crippen LogP contribution is 2.32. The zero-order valence-electron chi connectivity index (χ0n) is 11.7. The fraction of sp³-hybridized carbons (Fsp3) is 0.429. The van der Waals surface area contributed by atoms with Crippen molar-refractivity contribution in [1.29, 1.82) is 0 Å². The average molecular weight is 318 g/mol. The summed E-state index contributed by atoms with van der Waals surface area (Å²) in [5, 5.41) is 8.27. The summed E-state index contributed by atoms with van der Waals surface area (Å²) in [6.45, 7) is 0.512. The number of hydrogen-bond donors (Lipinski definition) is 0. The molecule has 3 heterocycles. The highest BCUT2D eigenvalue weighted by atomic mass is 32.1. The van der Waals surface area contributed by atoms with Gasteiger partial charge in [-0.3, -0.25) is 4.79 Å². The van der Waals surface area contributed by atoms with Gasteiger partial charge in [-0.1, -0.05) is 18.2 Å². The van der Waals surface area contributed by atoms with Crippen molar-refractivity contribution in [3.05, 3.63) is 35.1 Å². The number of para-hydroxylation sites is 1. The number of carbonyl (C=O) groups excluding carboxylic acids is 1. The molecule has 2 aliphatic heterocycles. The summed E-state index contributed by atoms with van der Waals surface area (Å²) < 4.78 is 14.6. The zero-order valence-corrected chi connectivity index (χ0v) is 12.5. The summed E-state index contributed by atoms with van der Waals surface area (Å²) in [5.74, 6) is -0.0721. The number of Topliss-reactive ketones (excluding diaryl/α,β-unsaturated/α-hetero) is 1. The van der Waals surface area contributed by atoms with E-state index in [-0.39, 0.29) is 17.9 Å². The van der Waals surface area contributed by atoms with Crippen molar-refractivity contribution in [2.45, 2.75) is 31.3 Å². The van der Waals surface area contributed by atoms with Crippen molar-refractivity contribution in [2.75, 3.05) is 6.61 Å². The van der Waals surface area contributed by atoms with E-state index in [1.54, 1.807) is 9.36 Å². The Bertz CT molecular complexity index is 757. The van der Waals surface area contributed by atoms with Crippen molar-refractivity contribution < 1.29 is 14.3 Å². The molecule has 1 aromatic carbocycles. The van der Waals surface area contributed by atoms with Gasteiger partial charge in [0.25, 0.3) is 0 Å². The number of rotatable bonds is 2. The molecule has 0 spiro atoms. The van der Waals surface area contributed by atoms with Crippen LogP contribution < -0.4 is 0 Å². The standard InChI is InChI=1S/C14H14N4O3S/c19-11-8-10(12-6-7-20-13(11)21-12)18-14(22)17(15-16-18)9-4-2-1-3-5-9/h1-5,10,12-13H,6-8H2/t10-,12+,13-/m0/s1. The number of hydrogen-bond acceptors (Lipinski definition) is 6. The van der Waals surface area contributed by atoms with Gasteiger partial charge in [0.15, 0.2) is 5.78 Å². The predicted molar refractivity (Wildman–Crippen MR) is 78.1 cm³/mol. The molecule has 22 heavy (non-hydrogen) atoms. The van der Waals surface area contributed by atoms with E-state index in [1.165, 1.54) is 0 Å². The summed E-state index contributed by atoms with van der Waals surface area (Å²) in [7, 11) is 0. The normalized spacial score (nSPS) is 27.8. The van der Waals surface area contributed by atoms with Gasteiger partial charge < -0.3 is 9.47 Å². The first-order valence-electron chi connectivity index (χ1n) is 7.14. The lowest BCUT2D eigenvalue weighted by atomic mass is 9.97. The van der Waals surface area contributed by atoms with Crippen molar-refractivity contribution in [3.63, 3.8) is 0 Å². The second-order valence-corrected chi connectivity index (χ2v) is 5.72. The Morgan fingerprint density at radius 3 is 2.86 bits per heavy atom. The number of carbonyl (C=O) groups is 1. The minimum Gasteiger partial charge on any atom is -0.346 e. The largest absolute Gasteiger partial charge is 0.346 e. The van der Waals surface area contributed by atoms with Gasteiger partial charge in [-0.25, -0.2) is 4.68 Å². The van der Waals surface area contributed by atoms with Gasteiger partial charge in [-0.15, -0.1) is 0 Å². The van der Waals surface area contributed by atoms with Crippen LogP contribution >= 0.6 is 12.2 Å². The predicted octanol–water partition coefficient (Wildman–Crippen LogP) is 1.44. The van der Waals surface area contributed by atoms with Crippen LogP contribution in [0, 0.1) is 4.77 Å². The molecule has 0 N–H and O–H groups in total. The van der Waals surface area contributed by atoms with Crippen molar-refractivity contribution in [1.82, 2.24) is 19.8 Å². The topological polar surface area (TPSA) is 71.2 Å². The highest BCUT2D eigenvalue weighted by Gasteiger charge is 2.42. The molecule has 2 aromatic rings. The van der Waals surface area contributed by atoms with E-state index in [2.05, 4.69) is 10.4 Å². The number of ketones is 1. The van der Waals surface area contributed by atoms with Crippen molar-refractivity contribution in [3.8, 4) is 5.69 Å². The number of fused-ring (bicyclic) bond motifs is 2. The highest BCUT2D eigenvalue weighted by molar-refractivity contribution is 7.71. The second kappa shape index (κ2) is 5.38. The van der Waals surface area contributed by atoms with E-state index in [9.17, 15) is 4.79 Å². The maximum absolute atomic E-state index is 12.0. The Morgan fingerprint density at radius 2 is 2.05 bits per heavy atom. The van der Waals surface area contributed by atoms with Crippen LogP contribution in [0.25, 0.3) is 5.69 Å². The lowest BCUT2D eigenvalue weighted by Gasteiger charge is -2.38. The number of aromatic nitrogens is 4. The Hall–Kier alpha value is -1.90. The lowest BCUT2D eigenvalue weighted by molar-refractivity contribution is -0.234. The average Bonchev–Trinajstić information content (AvgIpc) is 2.94. The maximum atomic E-state index is 12.0. The molecule has 0 amide bonds. The fourth-order valence-corrected chi connectivity index (χ4v) is 3.20. The molecule has 2 saturated heterocycles. The Balaban J connectivity index is 1.70. The minimum absolute atomic E-state index is 0.0721. The molecule has 2 bridgehead atoms. The zero-order chi connectivity index (χ0) is 15.1. The van der Waals surface area contributed by atoms with Crippen LogP contribution in [-0.4, -0.2) is 44.6 Å². The van der Waals surface area contributed by atoms with E-state index < -0.39 is 6.29 Å². The van der Waals surface area contributed by atoms with Crippen molar-refractivity contribution >= 4 is 18.0 Å². The third-order valence-corrected chi connectivity index (χ3v) is 4.35. The van der Waals surface area contributed by atoms with Gasteiger partial charge in [0, 0.05) is 6.42 Å². The van der Waals surface area contributed by atoms with Crippen LogP contribution in [-0.2, 0) is 14.3 Å².